The van der Waals surface area contributed by atoms with E-state index in [1.807, 2.05) is 11.7 Å². The van der Waals surface area contributed by atoms with Crippen molar-refractivity contribution in [2.45, 2.75) is 65.2 Å². The summed E-state index contributed by atoms with van der Waals surface area (Å²) < 4.78 is 13.7. The molecule has 1 atom stereocenters. The molecule has 1 aromatic heterocycles. The topological polar surface area (TPSA) is 63.9 Å². The van der Waals surface area contributed by atoms with E-state index < -0.39 is 0 Å². The number of guanidine groups is 1. The fourth-order valence-corrected chi connectivity index (χ4v) is 3.88. The summed E-state index contributed by atoms with van der Waals surface area (Å²) >= 11 is 0. The minimum atomic E-state index is 0.313. The van der Waals surface area contributed by atoms with Crippen LogP contribution in [0, 0.1) is 13.8 Å². The Morgan fingerprint density at radius 2 is 2.07 bits per heavy atom. The smallest absolute Gasteiger partial charge is 0.194 e. The summed E-state index contributed by atoms with van der Waals surface area (Å²) in [5, 5.41) is 7.94. The van der Waals surface area contributed by atoms with E-state index in [1.54, 1.807) is 0 Å². The molecule has 0 aliphatic carbocycles. The normalized spacial score (nSPS) is 21.9. The minimum absolute atomic E-state index is 0.313. The molecule has 2 aliphatic heterocycles. The van der Waals surface area contributed by atoms with Gasteiger partial charge in [0, 0.05) is 44.5 Å². The number of nitrogens with one attached hydrogen (secondary N) is 1. The van der Waals surface area contributed by atoms with Gasteiger partial charge in [-0.2, -0.15) is 5.10 Å². The number of rotatable bonds is 6. The minimum Gasteiger partial charge on any atom is -0.376 e. The lowest BCUT2D eigenvalue weighted by molar-refractivity contribution is -0.0367. The second kappa shape index (κ2) is 9.55. The molecule has 1 N–H and O–H groups in total. The van der Waals surface area contributed by atoms with Gasteiger partial charge in [0.1, 0.15) is 0 Å². The van der Waals surface area contributed by atoms with Crippen molar-refractivity contribution in [1.82, 2.24) is 20.0 Å². The lowest BCUT2D eigenvalue weighted by Gasteiger charge is -2.34. The van der Waals surface area contributed by atoms with Crippen LogP contribution in [-0.4, -0.2) is 65.7 Å². The second-order valence-corrected chi connectivity index (χ2v) is 7.60. The van der Waals surface area contributed by atoms with Gasteiger partial charge in [0.05, 0.1) is 31.1 Å². The number of nitrogens with zero attached hydrogens (tertiary/aromatic N) is 4. The predicted molar refractivity (Wildman–Crippen MR) is 107 cm³/mol. The summed E-state index contributed by atoms with van der Waals surface area (Å²) in [6, 6.07) is 0. The molecule has 3 heterocycles. The molecule has 152 valence electrons. The first-order valence-corrected chi connectivity index (χ1v) is 10.3. The molecule has 0 radical (unpaired) electrons. The summed E-state index contributed by atoms with van der Waals surface area (Å²) in [4.78, 5) is 7.25. The zero-order valence-electron chi connectivity index (χ0n) is 17.3. The maximum absolute atomic E-state index is 6.10. The first kappa shape index (κ1) is 20.1. The van der Waals surface area contributed by atoms with Crippen molar-refractivity contribution in [3.63, 3.8) is 0 Å². The molecule has 3 rings (SSSR count). The van der Waals surface area contributed by atoms with Gasteiger partial charge in [0.2, 0.25) is 0 Å². The standard InChI is InChI=1S/C20H35N5O2/c1-5-21-20(22-13-19-15(2)23-24(4)16(19)3)25-10-8-17(9-11-25)27-14-18-7-6-12-26-18/h17-18H,5-14H2,1-4H3,(H,21,22). The highest BCUT2D eigenvalue weighted by Gasteiger charge is 2.24. The lowest BCUT2D eigenvalue weighted by atomic mass is 10.1. The molecule has 0 saturated carbocycles. The van der Waals surface area contributed by atoms with Gasteiger partial charge in [0.15, 0.2) is 5.96 Å². The Labute approximate surface area is 163 Å². The predicted octanol–water partition coefficient (Wildman–Crippen LogP) is 2.16. The van der Waals surface area contributed by atoms with Crippen LogP contribution in [0.5, 0.6) is 0 Å². The molecule has 0 aromatic carbocycles. The fourth-order valence-electron chi connectivity index (χ4n) is 3.88. The number of aliphatic imine (C=N–C) groups is 1. The monoisotopic (exact) mass is 377 g/mol. The molecular formula is C20H35N5O2. The second-order valence-electron chi connectivity index (χ2n) is 7.60. The lowest BCUT2D eigenvalue weighted by Crippen LogP contribution is -2.47. The van der Waals surface area contributed by atoms with Crippen molar-refractivity contribution < 1.29 is 9.47 Å². The van der Waals surface area contributed by atoms with Gasteiger partial charge in [-0.3, -0.25) is 4.68 Å². The van der Waals surface area contributed by atoms with Crippen molar-refractivity contribution in [2.75, 3.05) is 32.8 Å². The quantitative estimate of drug-likeness (QED) is 0.608. The van der Waals surface area contributed by atoms with Crippen LogP contribution in [0.1, 0.15) is 49.6 Å². The van der Waals surface area contributed by atoms with Gasteiger partial charge in [-0.1, -0.05) is 0 Å². The SMILES string of the molecule is CCNC(=NCc1c(C)nn(C)c1C)N1CCC(OCC2CCCO2)CC1. The van der Waals surface area contributed by atoms with E-state index in [0.29, 0.717) is 18.8 Å². The third-order valence-electron chi connectivity index (χ3n) is 5.66. The van der Waals surface area contributed by atoms with E-state index in [-0.39, 0.29) is 0 Å². The van der Waals surface area contributed by atoms with Gasteiger partial charge >= 0.3 is 0 Å². The molecule has 2 fully saturated rings. The highest BCUT2D eigenvalue weighted by atomic mass is 16.5. The summed E-state index contributed by atoms with van der Waals surface area (Å²) in [7, 11) is 1.99. The Bertz CT molecular complexity index is 629. The highest BCUT2D eigenvalue weighted by molar-refractivity contribution is 5.80. The van der Waals surface area contributed by atoms with Crippen molar-refractivity contribution >= 4 is 5.96 Å². The molecule has 27 heavy (non-hydrogen) atoms. The molecule has 1 unspecified atom stereocenters. The Morgan fingerprint density at radius 3 is 2.67 bits per heavy atom. The summed E-state index contributed by atoms with van der Waals surface area (Å²) in [5.41, 5.74) is 3.48. The molecule has 0 amide bonds. The van der Waals surface area contributed by atoms with Gasteiger partial charge in [-0.15, -0.1) is 0 Å². The first-order chi connectivity index (χ1) is 13.1. The Balaban J connectivity index is 1.52. The third kappa shape index (κ3) is 5.23. The Kier molecular flexibility index (Phi) is 7.13. The first-order valence-electron chi connectivity index (χ1n) is 10.3. The number of aryl methyl sites for hydroxylation is 2. The summed E-state index contributed by atoms with van der Waals surface area (Å²) in [6.07, 6.45) is 5.06. The zero-order valence-corrected chi connectivity index (χ0v) is 17.3. The third-order valence-corrected chi connectivity index (χ3v) is 5.66. The number of hydrogen-bond acceptors (Lipinski definition) is 4. The Morgan fingerprint density at radius 1 is 1.30 bits per heavy atom. The molecule has 0 spiro atoms. The van der Waals surface area contributed by atoms with E-state index in [1.165, 1.54) is 17.7 Å². The van der Waals surface area contributed by atoms with Crippen molar-refractivity contribution in [3.8, 4) is 0 Å². The number of piperidine rings is 1. The molecule has 7 nitrogen and oxygen atoms in total. The maximum atomic E-state index is 6.10. The zero-order chi connectivity index (χ0) is 19.2. The molecular weight excluding hydrogens is 342 g/mol. The Hall–Kier alpha value is -1.60. The van der Waals surface area contributed by atoms with E-state index >= 15 is 0 Å². The average molecular weight is 378 g/mol. The van der Waals surface area contributed by atoms with Crippen LogP contribution < -0.4 is 5.32 Å². The largest absolute Gasteiger partial charge is 0.376 e. The van der Waals surface area contributed by atoms with Crippen LogP contribution >= 0.6 is 0 Å². The van der Waals surface area contributed by atoms with Crippen LogP contribution in [0.2, 0.25) is 0 Å². The summed E-state index contributed by atoms with van der Waals surface area (Å²) in [6.45, 7) is 11.4. The number of ether oxygens (including phenoxy) is 2. The molecule has 2 saturated heterocycles. The van der Waals surface area contributed by atoms with Gasteiger partial charge in [-0.05, 0) is 46.5 Å². The van der Waals surface area contributed by atoms with Crippen LogP contribution in [0.25, 0.3) is 0 Å². The molecule has 0 bridgehead atoms. The van der Waals surface area contributed by atoms with Crippen LogP contribution in [0.3, 0.4) is 0 Å². The van der Waals surface area contributed by atoms with Crippen molar-refractivity contribution in [1.29, 1.82) is 0 Å². The van der Waals surface area contributed by atoms with Gasteiger partial charge in [-0.25, -0.2) is 4.99 Å². The van der Waals surface area contributed by atoms with E-state index in [2.05, 4.69) is 36.1 Å². The molecule has 7 heteroatoms. The average Bonchev–Trinajstić information content (AvgIpc) is 3.27. The number of aromatic nitrogens is 2. The van der Waals surface area contributed by atoms with Crippen LogP contribution in [-0.2, 0) is 23.1 Å². The number of likely N-dealkylation sites (tertiary alicyclic amines) is 1. The van der Waals surface area contributed by atoms with E-state index in [0.717, 1.165) is 63.8 Å². The van der Waals surface area contributed by atoms with Crippen molar-refractivity contribution in [3.05, 3.63) is 17.0 Å². The van der Waals surface area contributed by atoms with E-state index in [9.17, 15) is 0 Å². The van der Waals surface area contributed by atoms with Gasteiger partial charge < -0.3 is 19.7 Å². The molecule has 2 aliphatic rings. The van der Waals surface area contributed by atoms with E-state index in [4.69, 9.17) is 14.5 Å². The highest BCUT2D eigenvalue weighted by Crippen LogP contribution is 2.18. The van der Waals surface area contributed by atoms with Gasteiger partial charge in [0.25, 0.3) is 0 Å². The van der Waals surface area contributed by atoms with Crippen molar-refractivity contribution in [2.24, 2.45) is 12.0 Å². The fraction of sp³-hybridized carbons (Fsp3) is 0.800. The maximum Gasteiger partial charge on any atom is 0.194 e. The number of hydrogen-bond donors (Lipinski definition) is 1. The summed E-state index contributed by atoms with van der Waals surface area (Å²) in [5.74, 6) is 0.998. The van der Waals surface area contributed by atoms with Crippen LogP contribution in [0.15, 0.2) is 4.99 Å². The molecule has 1 aromatic rings. The van der Waals surface area contributed by atoms with Crippen LogP contribution in [0.4, 0.5) is 0 Å².